The van der Waals surface area contributed by atoms with E-state index in [1.165, 1.54) is 23.0 Å². The number of nitrogens with zero attached hydrogens (tertiary/aromatic N) is 4. The van der Waals surface area contributed by atoms with E-state index in [0.717, 1.165) is 4.47 Å². The van der Waals surface area contributed by atoms with Gasteiger partial charge in [-0.1, -0.05) is 0 Å². The summed E-state index contributed by atoms with van der Waals surface area (Å²) in [5.74, 6) is 0.202. The van der Waals surface area contributed by atoms with Crippen LogP contribution in [-0.2, 0) is 0 Å². The van der Waals surface area contributed by atoms with Gasteiger partial charge >= 0.3 is 5.69 Å². The summed E-state index contributed by atoms with van der Waals surface area (Å²) in [4.78, 5) is 14.1. The monoisotopic (exact) mass is 268 g/mol. The van der Waals surface area contributed by atoms with Crippen molar-refractivity contribution in [3.05, 3.63) is 45.3 Å². The van der Waals surface area contributed by atoms with Gasteiger partial charge in [0.1, 0.15) is 0 Å². The van der Waals surface area contributed by atoms with Crippen LogP contribution in [0, 0.1) is 10.1 Å². The fourth-order valence-electron chi connectivity index (χ4n) is 1.12. The molecule has 0 fully saturated rings. The molecule has 2 heterocycles. The van der Waals surface area contributed by atoms with Crippen molar-refractivity contribution in [3.8, 4) is 5.82 Å². The molecule has 0 aliphatic heterocycles. The van der Waals surface area contributed by atoms with Gasteiger partial charge in [0.05, 0.1) is 15.6 Å². The number of halogens is 1. The van der Waals surface area contributed by atoms with Crippen molar-refractivity contribution >= 4 is 21.6 Å². The van der Waals surface area contributed by atoms with Crippen LogP contribution in [0.1, 0.15) is 0 Å². The van der Waals surface area contributed by atoms with Crippen LogP contribution in [0.25, 0.3) is 5.82 Å². The summed E-state index contributed by atoms with van der Waals surface area (Å²) in [6, 6.07) is 2.90. The summed E-state index contributed by atoms with van der Waals surface area (Å²) in [5, 5.41) is 14.6. The van der Waals surface area contributed by atoms with Crippen LogP contribution in [0.15, 0.2) is 35.2 Å². The second-order valence-electron chi connectivity index (χ2n) is 2.71. The number of nitro groups is 1. The lowest BCUT2D eigenvalue weighted by atomic mass is 10.4. The topological polar surface area (TPSA) is 73.8 Å². The van der Waals surface area contributed by atoms with Crippen LogP contribution in [0.2, 0.25) is 0 Å². The molecule has 2 aromatic heterocycles. The fraction of sp³-hybridized carbons (Fsp3) is 0. The molecule has 0 atom stereocenters. The van der Waals surface area contributed by atoms with E-state index in [0.29, 0.717) is 0 Å². The maximum absolute atomic E-state index is 10.7. The number of hydrogen-bond donors (Lipinski definition) is 0. The fourth-order valence-corrected chi connectivity index (χ4v) is 1.41. The SMILES string of the molecule is O=[N+]([O-])c1cccnc1-n1cc(Br)cn1. The molecule has 0 radical (unpaired) electrons. The average molecular weight is 269 g/mol. The van der Waals surface area contributed by atoms with Gasteiger partial charge < -0.3 is 0 Å². The van der Waals surface area contributed by atoms with Crippen LogP contribution in [-0.4, -0.2) is 19.7 Å². The Morgan fingerprint density at radius 2 is 2.33 bits per heavy atom. The second kappa shape index (κ2) is 3.77. The molecule has 6 nitrogen and oxygen atoms in total. The van der Waals surface area contributed by atoms with Crippen LogP contribution < -0.4 is 0 Å². The van der Waals surface area contributed by atoms with Crippen molar-refractivity contribution in [1.29, 1.82) is 0 Å². The molecule has 0 aromatic carbocycles. The zero-order valence-electron chi connectivity index (χ0n) is 7.37. The van der Waals surface area contributed by atoms with E-state index in [-0.39, 0.29) is 11.5 Å². The van der Waals surface area contributed by atoms with Gasteiger partial charge in [-0.05, 0) is 22.0 Å². The smallest absolute Gasteiger partial charge is 0.258 e. The molecule has 0 unspecified atom stereocenters. The van der Waals surface area contributed by atoms with E-state index < -0.39 is 4.92 Å². The van der Waals surface area contributed by atoms with Gasteiger partial charge in [-0.2, -0.15) is 5.10 Å². The van der Waals surface area contributed by atoms with E-state index in [1.54, 1.807) is 12.4 Å². The standard InChI is InChI=1S/C8H5BrN4O2/c9-6-4-11-12(5-6)8-7(13(14)15)2-1-3-10-8/h1-5H. The van der Waals surface area contributed by atoms with E-state index >= 15 is 0 Å². The second-order valence-corrected chi connectivity index (χ2v) is 3.62. The summed E-state index contributed by atoms with van der Waals surface area (Å²) >= 11 is 3.21. The van der Waals surface area contributed by atoms with Crippen LogP contribution in [0.4, 0.5) is 5.69 Å². The maximum Gasteiger partial charge on any atom is 0.313 e. The van der Waals surface area contributed by atoms with Crippen molar-refractivity contribution < 1.29 is 4.92 Å². The Bertz CT molecular complexity index is 511. The molecule has 0 aliphatic rings. The van der Waals surface area contributed by atoms with Gasteiger partial charge in [0.15, 0.2) is 0 Å². The van der Waals surface area contributed by atoms with Gasteiger partial charge in [-0.25, -0.2) is 9.67 Å². The molecule has 2 aromatic rings. The lowest BCUT2D eigenvalue weighted by molar-refractivity contribution is -0.384. The first kappa shape index (κ1) is 9.78. The first-order valence-corrected chi connectivity index (χ1v) is 4.78. The molecular weight excluding hydrogens is 264 g/mol. The van der Waals surface area contributed by atoms with Crippen molar-refractivity contribution in [3.63, 3.8) is 0 Å². The van der Waals surface area contributed by atoms with E-state index in [2.05, 4.69) is 26.0 Å². The van der Waals surface area contributed by atoms with Crippen molar-refractivity contribution in [2.75, 3.05) is 0 Å². The number of rotatable bonds is 2. The zero-order chi connectivity index (χ0) is 10.8. The Hall–Kier alpha value is -1.76. The zero-order valence-corrected chi connectivity index (χ0v) is 8.96. The molecule has 15 heavy (non-hydrogen) atoms. The average Bonchev–Trinajstić information content (AvgIpc) is 2.65. The number of pyridine rings is 1. The minimum atomic E-state index is -0.488. The van der Waals surface area contributed by atoms with E-state index in [1.807, 2.05) is 0 Å². The quantitative estimate of drug-likeness (QED) is 0.616. The van der Waals surface area contributed by atoms with Crippen LogP contribution in [0.5, 0.6) is 0 Å². The van der Waals surface area contributed by atoms with Gasteiger partial charge in [-0.3, -0.25) is 10.1 Å². The molecule has 0 N–H and O–H groups in total. The number of hydrogen-bond acceptors (Lipinski definition) is 4. The Kier molecular flexibility index (Phi) is 2.46. The molecular formula is C8H5BrN4O2. The molecule has 76 valence electrons. The first-order valence-electron chi connectivity index (χ1n) is 3.98. The molecule has 0 bridgehead atoms. The largest absolute Gasteiger partial charge is 0.313 e. The van der Waals surface area contributed by atoms with E-state index in [4.69, 9.17) is 0 Å². The highest BCUT2D eigenvalue weighted by molar-refractivity contribution is 9.10. The summed E-state index contributed by atoms with van der Waals surface area (Å²) in [7, 11) is 0. The summed E-state index contributed by atoms with van der Waals surface area (Å²) < 4.78 is 2.09. The molecule has 0 amide bonds. The molecule has 0 saturated heterocycles. The summed E-state index contributed by atoms with van der Waals surface area (Å²) in [6.45, 7) is 0. The van der Waals surface area contributed by atoms with Gasteiger partial charge in [0, 0.05) is 18.5 Å². The van der Waals surface area contributed by atoms with E-state index in [9.17, 15) is 10.1 Å². The van der Waals surface area contributed by atoms with Crippen molar-refractivity contribution in [1.82, 2.24) is 14.8 Å². The molecule has 7 heteroatoms. The third-order valence-electron chi connectivity index (χ3n) is 1.73. The highest BCUT2D eigenvalue weighted by Crippen LogP contribution is 2.20. The Balaban J connectivity index is 2.57. The molecule has 0 spiro atoms. The van der Waals surface area contributed by atoms with Gasteiger partial charge in [-0.15, -0.1) is 0 Å². The highest BCUT2D eigenvalue weighted by atomic mass is 79.9. The third kappa shape index (κ3) is 1.86. The molecule has 2 rings (SSSR count). The molecule has 0 aliphatic carbocycles. The third-order valence-corrected chi connectivity index (χ3v) is 2.14. The minimum absolute atomic E-state index is 0.0758. The lowest BCUT2D eigenvalue weighted by Crippen LogP contribution is -2.02. The highest BCUT2D eigenvalue weighted by Gasteiger charge is 2.16. The first-order chi connectivity index (χ1) is 7.18. The Morgan fingerprint density at radius 3 is 2.93 bits per heavy atom. The summed E-state index contributed by atoms with van der Waals surface area (Å²) in [5.41, 5.74) is -0.0758. The van der Waals surface area contributed by atoms with Gasteiger partial charge in [0.2, 0.25) is 5.82 Å². The van der Waals surface area contributed by atoms with Crippen LogP contribution >= 0.6 is 15.9 Å². The Morgan fingerprint density at radius 1 is 1.53 bits per heavy atom. The minimum Gasteiger partial charge on any atom is -0.258 e. The van der Waals surface area contributed by atoms with Crippen LogP contribution in [0.3, 0.4) is 0 Å². The van der Waals surface area contributed by atoms with Crippen molar-refractivity contribution in [2.45, 2.75) is 0 Å². The maximum atomic E-state index is 10.7. The molecule has 0 saturated carbocycles. The normalized spacial score (nSPS) is 10.2. The summed E-state index contributed by atoms with van der Waals surface area (Å²) in [6.07, 6.45) is 4.63. The predicted molar refractivity (Wildman–Crippen MR) is 55.7 cm³/mol. The van der Waals surface area contributed by atoms with Gasteiger partial charge in [0.25, 0.3) is 0 Å². The lowest BCUT2D eigenvalue weighted by Gasteiger charge is -1.99. The van der Waals surface area contributed by atoms with Crippen molar-refractivity contribution in [2.24, 2.45) is 0 Å². The predicted octanol–water partition coefficient (Wildman–Crippen LogP) is 1.94. The number of aromatic nitrogens is 3. The Labute approximate surface area is 92.8 Å².